The van der Waals surface area contributed by atoms with Gasteiger partial charge in [-0.05, 0) is 0 Å². The van der Waals surface area contributed by atoms with E-state index in [-0.39, 0.29) is 75.5 Å². The van der Waals surface area contributed by atoms with Crippen LogP contribution in [0.3, 0.4) is 0 Å². The van der Waals surface area contributed by atoms with E-state index in [1.807, 2.05) is 0 Å². The summed E-state index contributed by atoms with van der Waals surface area (Å²) in [4.78, 5) is 0. The number of hydrogen-bond acceptors (Lipinski definition) is 6. The molecular formula is Ca2O6Zr2. The normalized spacial score (nSPS) is 5.20. The summed E-state index contributed by atoms with van der Waals surface area (Å²) in [6.45, 7) is 0. The van der Waals surface area contributed by atoms with Gasteiger partial charge in [-0.15, -0.1) is 0 Å². The van der Waals surface area contributed by atoms with E-state index < -0.39 is 45.3 Å². The van der Waals surface area contributed by atoms with E-state index in [0.29, 0.717) is 0 Å². The van der Waals surface area contributed by atoms with Crippen molar-refractivity contribution in [2.45, 2.75) is 0 Å². The van der Waals surface area contributed by atoms with Gasteiger partial charge >= 0.3 is 139 Å². The first kappa shape index (κ1) is 23.5. The van der Waals surface area contributed by atoms with Crippen LogP contribution in [0, 0.1) is 0 Å². The van der Waals surface area contributed by atoms with Gasteiger partial charge in [-0.1, -0.05) is 0 Å². The van der Waals surface area contributed by atoms with E-state index in [2.05, 4.69) is 0 Å². The molecule has 0 fully saturated rings. The summed E-state index contributed by atoms with van der Waals surface area (Å²) in [5, 5.41) is 0. The molecule has 0 atom stereocenters. The minimum absolute atomic E-state index is 0. The molecule has 0 spiro atoms. The topological polar surface area (TPSA) is 126 Å². The van der Waals surface area contributed by atoms with Crippen molar-refractivity contribution >= 4 is 75.5 Å². The molecule has 10 heavy (non-hydrogen) atoms. The van der Waals surface area contributed by atoms with Gasteiger partial charge in [0.1, 0.15) is 0 Å². The second-order valence-electron chi connectivity index (χ2n) is 0.500. The third-order valence-electron chi connectivity index (χ3n) is 0. The Balaban J connectivity index is -0.0000000300. The van der Waals surface area contributed by atoms with Crippen LogP contribution in [0.5, 0.6) is 0 Å². The third-order valence-corrected chi connectivity index (χ3v) is 0. The minimum atomic E-state index is -4.29. The summed E-state index contributed by atoms with van der Waals surface area (Å²) in [6.07, 6.45) is 0. The van der Waals surface area contributed by atoms with Crippen molar-refractivity contribution in [3.63, 3.8) is 0 Å². The van der Waals surface area contributed by atoms with Gasteiger partial charge in [0.15, 0.2) is 0 Å². The molecular weight excluding hydrogens is 359 g/mol. The quantitative estimate of drug-likeness (QED) is 0.397. The summed E-state index contributed by atoms with van der Waals surface area (Å²) in [6, 6.07) is 0. The molecule has 0 amide bonds. The van der Waals surface area contributed by atoms with Crippen LogP contribution >= 0.6 is 0 Å². The van der Waals surface area contributed by atoms with E-state index >= 15 is 0 Å². The van der Waals surface area contributed by atoms with Crippen LogP contribution in [0.25, 0.3) is 0 Å². The zero-order chi connectivity index (χ0) is 7.15. The van der Waals surface area contributed by atoms with Crippen molar-refractivity contribution in [2.75, 3.05) is 0 Å². The van der Waals surface area contributed by atoms with Crippen molar-refractivity contribution in [1.29, 1.82) is 0 Å². The van der Waals surface area contributed by atoms with Crippen molar-refractivity contribution in [3.05, 3.63) is 0 Å². The van der Waals surface area contributed by atoms with E-state index in [4.69, 9.17) is 18.4 Å². The predicted molar refractivity (Wildman–Crippen MR) is 12.9 cm³/mol. The molecule has 0 aliphatic rings. The van der Waals surface area contributed by atoms with Crippen LogP contribution in [-0.4, -0.2) is 75.5 Å². The SMILES string of the molecule is [Ca+2].[Ca+2].[O]=[Zr]([O-])[O-].[O]=[Zr]([O-])[O-]. The Hall–Kier alpha value is 3.73. The van der Waals surface area contributed by atoms with Crippen LogP contribution in [0.1, 0.15) is 0 Å². The molecule has 0 heterocycles. The molecule has 0 aromatic carbocycles. The Morgan fingerprint density at radius 3 is 0.700 bits per heavy atom. The van der Waals surface area contributed by atoms with Crippen LogP contribution in [0.15, 0.2) is 0 Å². The zero-order valence-electron chi connectivity index (χ0n) is 4.86. The van der Waals surface area contributed by atoms with E-state index in [1.54, 1.807) is 0 Å². The van der Waals surface area contributed by atoms with Gasteiger partial charge in [-0.3, -0.25) is 0 Å². The second kappa shape index (κ2) is 18.5. The van der Waals surface area contributed by atoms with Gasteiger partial charge in [0.2, 0.25) is 0 Å². The molecule has 0 saturated heterocycles. The standard InChI is InChI=1S/2Ca.6O.2Zr/q2*+2;;;4*-1;;. The Morgan fingerprint density at radius 2 is 0.700 bits per heavy atom. The van der Waals surface area contributed by atoms with Crippen LogP contribution in [0.4, 0.5) is 0 Å². The number of rotatable bonds is 0. The second-order valence-corrected chi connectivity index (χ2v) is 2.96. The molecule has 0 aromatic heterocycles. The van der Waals surface area contributed by atoms with Gasteiger partial charge < -0.3 is 0 Å². The van der Waals surface area contributed by atoms with Gasteiger partial charge in [0, 0.05) is 0 Å². The molecule has 0 bridgehead atoms. The summed E-state index contributed by atoms with van der Waals surface area (Å²) in [5.41, 5.74) is 0. The predicted octanol–water partition coefficient (Wildman–Crippen LogP) is -5.76. The molecule has 0 aliphatic carbocycles. The number of hydrogen-bond donors (Lipinski definition) is 0. The Morgan fingerprint density at radius 1 is 0.700 bits per heavy atom. The van der Waals surface area contributed by atoms with Crippen LogP contribution in [0.2, 0.25) is 0 Å². The monoisotopic (exact) mass is 356 g/mol. The average molecular weight is 359 g/mol. The fraction of sp³-hybridized carbons (Fsp3) is 0. The maximum atomic E-state index is 8.61. The van der Waals surface area contributed by atoms with Gasteiger partial charge in [0.05, 0.1) is 0 Å². The molecule has 0 unspecified atom stereocenters. The average Bonchev–Trinajstić information content (AvgIpc) is 1.25. The van der Waals surface area contributed by atoms with Crippen molar-refractivity contribution in [3.8, 4) is 0 Å². The van der Waals surface area contributed by atoms with E-state index in [9.17, 15) is 0 Å². The first-order valence-corrected chi connectivity index (χ1v) is 7.25. The van der Waals surface area contributed by atoms with Crippen LogP contribution < -0.4 is 12.7 Å². The first-order chi connectivity index (χ1) is 3.46. The van der Waals surface area contributed by atoms with Gasteiger partial charge in [-0.2, -0.15) is 0 Å². The van der Waals surface area contributed by atoms with E-state index in [0.717, 1.165) is 0 Å². The Bertz CT molecular complexity index is 71.7. The third kappa shape index (κ3) is 97.2. The molecule has 0 rings (SSSR count). The molecule has 0 aromatic rings. The first-order valence-electron chi connectivity index (χ1n) is 1.22. The summed E-state index contributed by atoms with van der Waals surface area (Å²) >= 11 is -8.59. The van der Waals surface area contributed by atoms with Crippen molar-refractivity contribution < 1.29 is 63.6 Å². The Kier molecular flexibility index (Phi) is 43.5. The molecule has 0 saturated carbocycles. The van der Waals surface area contributed by atoms with Crippen molar-refractivity contribution in [2.24, 2.45) is 0 Å². The molecule has 0 N–H and O–H groups in total. The molecule has 48 valence electrons. The van der Waals surface area contributed by atoms with Gasteiger partial charge in [-0.25, -0.2) is 0 Å². The zero-order valence-corrected chi connectivity index (χ0v) is 14.2. The molecule has 0 radical (unpaired) electrons. The maximum absolute atomic E-state index is 8.61. The fourth-order valence-corrected chi connectivity index (χ4v) is 0. The summed E-state index contributed by atoms with van der Waals surface area (Å²) in [7, 11) is 0. The van der Waals surface area contributed by atoms with Gasteiger partial charge in [0.25, 0.3) is 0 Å². The Labute approximate surface area is 135 Å². The molecule has 0 aliphatic heterocycles. The molecule has 10 heteroatoms. The van der Waals surface area contributed by atoms with Crippen LogP contribution in [-0.2, 0) is 50.9 Å². The summed E-state index contributed by atoms with van der Waals surface area (Å²) < 4.78 is 51.7. The summed E-state index contributed by atoms with van der Waals surface area (Å²) in [5.74, 6) is 0. The fourth-order valence-electron chi connectivity index (χ4n) is 0. The molecule has 6 nitrogen and oxygen atoms in total. The van der Waals surface area contributed by atoms with Crippen molar-refractivity contribution in [1.82, 2.24) is 0 Å². The van der Waals surface area contributed by atoms with E-state index in [1.165, 1.54) is 0 Å².